The maximum absolute atomic E-state index is 5.86. The van der Waals surface area contributed by atoms with Crippen LogP contribution in [0.25, 0.3) is 0 Å². The van der Waals surface area contributed by atoms with E-state index in [1.54, 1.807) is 0 Å². The Morgan fingerprint density at radius 1 is 1.12 bits per heavy atom. The highest BCUT2D eigenvalue weighted by Gasteiger charge is 2.20. The van der Waals surface area contributed by atoms with Crippen LogP contribution in [0.5, 0.6) is 0 Å². The quantitative estimate of drug-likeness (QED) is 0.582. The lowest BCUT2D eigenvalue weighted by Gasteiger charge is -2.24. The van der Waals surface area contributed by atoms with Crippen molar-refractivity contribution in [3.63, 3.8) is 0 Å². The first-order valence-corrected chi connectivity index (χ1v) is 9.51. The minimum absolute atomic E-state index is 0.268. The third-order valence-corrected chi connectivity index (χ3v) is 3.36. The molecule has 1 rings (SSSR count). The van der Waals surface area contributed by atoms with E-state index in [9.17, 15) is 0 Å². The first-order valence-electron chi connectivity index (χ1n) is 6.01. The second-order valence-corrected chi connectivity index (χ2v) is 10.5. The Bertz CT molecular complexity index is 404. The average molecular weight is 246 g/mol. The largest absolute Gasteiger partial charge is 0.358 e. The molecular formula is C15H22OSi. The second kappa shape index (κ2) is 5.53. The number of benzene rings is 1. The van der Waals surface area contributed by atoms with Crippen molar-refractivity contribution in [1.82, 2.24) is 0 Å². The van der Waals surface area contributed by atoms with Gasteiger partial charge in [-0.05, 0) is 19.4 Å². The van der Waals surface area contributed by atoms with Gasteiger partial charge in [0.25, 0.3) is 0 Å². The van der Waals surface area contributed by atoms with Crippen LogP contribution in [-0.2, 0) is 10.3 Å². The van der Waals surface area contributed by atoms with E-state index in [1.807, 2.05) is 18.2 Å². The first kappa shape index (κ1) is 14.0. The average Bonchev–Trinajstić information content (AvgIpc) is 2.25. The summed E-state index contributed by atoms with van der Waals surface area (Å²) in [5.41, 5.74) is 4.23. The van der Waals surface area contributed by atoms with E-state index in [2.05, 4.69) is 57.1 Å². The van der Waals surface area contributed by atoms with Crippen LogP contribution >= 0.6 is 0 Å². The lowest BCUT2D eigenvalue weighted by molar-refractivity contribution is -0.00169. The van der Waals surface area contributed by atoms with Crippen LogP contribution in [0, 0.1) is 11.5 Å². The molecule has 0 unspecified atom stereocenters. The highest BCUT2D eigenvalue weighted by atomic mass is 28.3. The number of hydrogen-bond acceptors (Lipinski definition) is 1. The first-order chi connectivity index (χ1) is 7.81. The summed E-state index contributed by atoms with van der Waals surface area (Å²) in [6.45, 7) is 11.4. The summed E-state index contributed by atoms with van der Waals surface area (Å²) in [5, 5.41) is 0. The zero-order chi connectivity index (χ0) is 12.9. The fraction of sp³-hybridized carbons (Fsp3) is 0.467. The molecule has 0 radical (unpaired) electrons. The summed E-state index contributed by atoms with van der Waals surface area (Å²) < 4.78 is 5.86. The van der Waals surface area contributed by atoms with E-state index in [0.717, 1.165) is 0 Å². The Kier molecular flexibility index (Phi) is 4.56. The van der Waals surface area contributed by atoms with Crippen molar-refractivity contribution in [3.8, 4) is 11.5 Å². The summed E-state index contributed by atoms with van der Waals surface area (Å²) in [6.07, 6.45) is 0. The Morgan fingerprint density at radius 2 is 1.71 bits per heavy atom. The number of ether oxygens (including phenoxy) is 1. The molecule has 92 valence electrons. The van der Waals surface area contributed by atoms with Gasteiger partial charge in [0, 0.05) is 0 Å². The highest BCUT2D eigenvalue weighted by Crippen LogP contribution is 2.23. The molecule has 0 amide bonds. The van der Waals surface area contributed by atoms with Gasteiger partial charge in [0.1, 0.15) is 14.7 Å². The van der Waals surface area contributed by atoms with E-state index in [0.29, 0.717) is 6.61 Å². The molecule has 0 aliphatic rings. The lowest BCUT2D eigenvalue weighted by atomic mass is 9.98. The summed E-state index contributed by atoms with van der Waals surface area (Å²) in [5.74, 6) is 3.14. The van der Waals surface area contributed by atoms with Gasteiger partial charge in [-0.3, -0.25) is 0 Å². The van der Waals surface area contributed by atoms with Crippen molar-refractivity contribution in [1.29, 1.82) is 0 Å². The molecule has 0 bridgehead atoms. The lowest BCUT2D eigenvalue weighted by Crippen LogP contribution is -2.22. The molecule has 0 aliphatic carbocycles. The molecule has 0 heterocycles. The van der Waals surface area contributed by atoms with Gasteiger partial charge in [0.05, 0.1) is 5.60 Å². The van der Waals surface area contributed by atoms with Gasteiger partial charge >= 0.3 is 0 Å². The topological polar surface area (TPSA) is 9.23 Å². The highest BCUT2D eigenvalue weighted by molar-refractivity contribution is 6.83. The Hall–Kier alpha value is -1.04. The van der Waals surface area contributed by atoms with Gasteiger partial charge in [-0.25, -0.2) is 0 Å². The zero-order valence-electron chi connectivity index (χ0n) is 11.5. The van der Waals surface area contributed by atoms with E-state index in [1.165, 1.54) is 5.56 Å². The molecule has 0 aromatic heterocycles. The molecule has 17 heavy (non-hydrogen) atoms. The van der Waals surface area contributed by atoms with Gasteiger partial charge in [0.2, 0.25) is 0 Å². The van der Waals surface area contributed by atoms with Crippen LogP contribution in [0.1, 0.15) is 19.4 Å². The summed E-state index contributed by atoms with van der Waals surface area (Å²) in [7, 11) is -1.27. The van der Waals surface area contributed by atoms with Crippen molar-refractivity contribution in [2.75, 3.05) is 6.61 Å². The van der Waals surface area contributed by atoms with E-state index in [-0.39, 0.29) is 5.60 Å². The van der Waals surface area contributed by atoms with Crippen LogP contribution in [0.2, 0.25) is 19.6 Å². The monoisotopic (exact) mass is 246 g/mol. The molecule has 0 atom stereocenters. The summed E-state index contributed by atoms with van der Waals surface area (Å²) >= 11 is 0. The maximum Gasteiger partial charge on any atom is 0.129 e. The van der Waals surface area contributed by atoms with Crippen molar-refractivity contribution >= 4 is 8.07 Å². The smallest absolute Gasteiger partial charge is 0.129 e. The molecule has 0 N–H and O–H groups in total. The second-order valence-electron chi connectivity index (χ2n) is 5.72. The zero-order valence-corrected chi connectivity index (χ0v) is 12.5. The van der Waals surface area contributed by atoms with Crippen molar-refractivity contribution < 1.29 is 4.74 Å². The van der Waals surface area contributed by atoms with Gasteiger partial charge < -0.3 is 4.74 Å². The van der Waals surface area contributed by atoms with Crippen molar-refractivity contribution in [2.24, 2.45) is 0 Å². The SMILES string of the molecule is CC(C)(OCC#C[Si](C)(C)C)c1ccccc1. The molecule has 0 saturated carbocycles. The van der Waals surface area contributed by atoms with Gasteiger partial charge in [-0.15, -0.1) is 5.54 Å². The maximum atomic E-state index is 5.86. The predicted octanol–water partition coefficient (Wildman–Crippen LogP) is 3.82. The van der Waals surface area contributed by atoms with Gasteiger partial charge in [0.15, 0.2) is 0 Å². The van der Waals surface area contributed by atoms with Crippen molar-refractivity contribution in [3.05, 3.63) is 35.9 Å². The molecule has 0 spiro atoms. The van der Waals surface area contributed by atoms with Crippen LogP contribution < -0.4 is 0 Å². The fourth-order valence-electron chi connectivity index (χ4n) is 1.44. The third-order valence-electron chi connectivity index (χ3n) is 2.44. The molecule has 0 aliphatic heterocycles. The number of rotatable bonds is 3. The number of hydrogen-bond donors (Lipinski definition) is 0. The molecule has 2 heteroatoms. The Labute approximate surface area is 106 Å². The van der Waals surface area contributed by atoms with E-state index >= 15 is 0 Å². The Morgan fingerprint density at radius 3 is 2.24 bits per heavy atom. The molecule has 0 saturated heterocycles. The molecule has 1 aromatic rings. The molecule has 1 nitrogen and oxygen atoms in total. The molecular weight excluding hydrogens is 224 g/mol. The van der Waals surface area contributed by atoms with E-state index in [4.69, 9.17) is 4.74 Å². The summed E-state index contributed by atoms with van der Waals surface area (Å²) in [6, 6.07) is 10.3. The van der Waals surface area contributed by atoms with Crippen LogP contribution in [0.4, 0.5) is 0 Å². The third kappa shape index (κ3) is 5.21. The van der Waals surface area contributed by atoms with Crippen LogP contribution in [0.15, 0.2) is 30.3 Å². The molecule has 1 aromatic carbocycles. The van der Waals surface area contributed by atoms with Gasteiger partial charge in [-0.1, -0.05) is 55.9 Å². The van der Waals surface area contributed by atoms with Crippen LogP contribution in [-0.4, -0.2) is 14.7 Å². The van der Waals surface area contributed by atoms with E-state index < -0.39 is 8.07 Å². The van der Waals surface area contributed by atoms with Crippen LogP contribution in [0.3, 0.4) is 0 Å². The molecule has 0 fully saturated rings. The minimum Gasteiger partial charge on any atom is -0.358 e. The fourth-order valence-corrected chi connectivity index (χ4v) is 2.04. The summed E-state index contributed by atoms with van der Waals surface area (Å²) in [4.78, 5) is 0. The standard InChI is InChI=1S/C15H22OSi/c1-15(2,14-10-7-6-8-11-14)16-12-9-13-17(3,4)5/h6-8,10-11H,12H2,1-5H3. The normalized spacial score (nSPS) is 11.8. The minimum atomic E-state index is -1.27. The Balaban J connectivity index is 2.59. The van der Waals surface area contributed by atoms with Gasteiger partial charge in [-0.2, -0.15) is 0 Å². The predicted molar refractivity (Wildman–Crippen MR) is 76.5 cm³/mol. The van der Waals surface area contributed by atoms with Crippen molar-refractivity contribution in [2.45, 2.75) is 39.1 Å².